The predicted molar refractivity (Wildman–Crippen MR) is 40.8 cm³/mol. The molecule has 0 N–H and O–H groups in total. The Labute approximate surface area is 64.1 Å². The van der Waals surface area contributed by atoms with Crippen LogP contribution in [0.25, 0.3) is 0 Å². The van der Waals surface area contributed by atoms with E-state index in [4.69, 9.17) is 5.26 Å². The summed E-state index contributed by atoms with van der Waals surface area (Å²) in [7, 11) is 0. The lowest BCUT2D eigenvalue weighted by Gasteiger charge is -1.80. The number of hydrogen-bond donors (Lipinski definition) is 0. The van der Waals surface area contributed by atoms with Crippen LogP contribution in [-0.4, -0.2) is 4.98 Å². The van der Waals surface area contributed by atoms with Gasteiger partial charge in [-0.2, -0.15) is 5.26 Å². The Kier molecular flexibility index (Phi) is 2.41. The van der Waals surface area contributed by atoms with Crippen molar-refractivity contribution in [1.29, 1.82) is 5.26 Å². The normalized spacial score (nSPS) is 9.20. The summed E-state index contributed by atoms with van der Waals surface area (Å²) < 4.78 is 0. The van der Waals surface area contributed by atoms with Gasteiger partial charge in [-0.25, -0.2) is 4.98 Å². The molecule has 1 rings (SSSR count). The first-order valence-corrected chi connectivity index (χ1v) is 3.99. The quantitative estimate of drug-likeness (QED) is 0.647. The van der Waals surface area contributed by atoms with Crippen LogP contribution in [0.5, 0.6) is 0 Å². The third-order valence-corrected chi connectivity index (χ3v) is 2.32. The van der Waals surface area contributed by atoms with Gasteiger partial charge in [-0.05, 0) is 6.42 Å². The number of nitriles is 1. The van der Waals surface area contributed by atoms with Crippen molar-refractivity contribution in [2.45, 2.75) is 19.8 Å². The van der Waals surface area contributed by atoms with Gasteiger partial charge in [0, 0.05) is 11.1 Å². The zero-order valence-corrected chi connectivity index (χ0v) is 6.61. The van der Waals surface area contributed by atoms with Crippen LogP contribution in [0, 0.1) is 11.3 Å². The molecule has 2 nitrogen and oxygen atoms in total. The smallest absolute Gasteiger partial charge is 0.107 e. The first-order valence-electron chi connectivity index (χ1n) is 3.17. The van der Waals surface area contributed by atoms with E-state index < -0.39 is 0 Å². The van der Waals surface area contributed by atoms with Crippen LogP contribution >= 0.6 is 11.3 Å². The third-order valence-electron chi connectivity index (χ3n) is 1.18. The lowest BCUT2D eigenvalue weighted by atomic mass is 10.4. The molecule has 10 heavy (non-hydrogen) atoms. The zero-order chi connectivity index (χ0) is 7.40. The topological polar surface area (TPSA) is 36.7 Å². The zero-order valence-electron chi connectivity index (χ0n) is 5.79. The fourth-order valence-corrected chi connectivity index (χ4v) is 1.46. The van der Waals surface area contributed by atoms with E-state index in [9.17, 15) is 0 Å². The Hall–Kier alpha value is -0.880. The maximum Gasteiger partial charge on any atom is 0.107 e. The number of rotatable bonds is 2. The summed E-state index contributed by atoms with van der Waals surface area (Å²) in [5, 5.41) is 9.25. The molecule has 0 fully saturated rings. The molecule has 1 heterocycles. The lowest BCUT2D eigenvalue weighted by molar-refractivity contribution is 1.14. The minimum atomic E-state index is 0.449. The molecule has 0 unspecified atom stereocenters. The van der Waals surface area contributed by atoms with Crippen molar-refractivity contribution in [2.24, 2.45) is 0 Å². The van der Waals surface area contributed by atoms with Gasteiger partial charge in [-0.1, -0.05) is 6.92 Å². The Morgan fingerprint density at radius 3 is 3.10 bits per heavy atom. The van der Waals surface area contributed by atoms with Crippen LogP contribution in [0.3, 0.4) is 0 Å². The van der Waals surface area contributed by atoms with Crippen molar-refractivity contribution < 1.29 is 0 Å². The molecule has 0 aliphatic carbocycles. The molecule has 0 saturated carbocycles. The molecule has 0 aliphatic heterocycles. The summed E-state index contributed by atoms with van der Waals surface area (Å²) >= 11 is 1.62. The summed E-state index contributed by atoms with van der Waals surface area (Å²) in [6, 6.07) is 2.07. The minimum Gasteiger partial charge on any atom is -0.248 e. The molecule has 0 amide bonds. The second kappa shape index (κ2) is 3.33. The van der Waals surface area contributed by atoms with Crippen molar-refractivity contribution >= 4 is 11.3 Å². The average molecular weight is 152 g/mol. The highest BCUT2D eigenvalue weighted by Crippen LogP contribution is 2.12. The summed E-state index contributed by atoms with van der Waals surface area (Å²) in [5.41, 5.74) is 0. The van der Waals surface area contributed by atoms with E-state index in [0.717, 1.165) is 11.4 Å². The van der Waals surface area contributed by atoms with Gasteiger partial charge in [-0.15, -0.1) is 11.3 Å². The Morgan fingerprint density at radius 1 is 1.80 bits per heavy atom. The average Bonchev–Trinajstić information content (AvgIpc) is 2.37. The van der Waals surface area contributed by atoms with Gasteiger partial charge in [0.05, 0.1) is 12.5 Å². The number of thiazole rings is 1. The molecule has 0 aliphatic rings. The maximum atomic E-state index is 8.32. The number of nitrogens with zero attached hydrogens (tertiary/aromatic N) is 2. The van der Waals surface area contributed by atoms with Gasteiger partial charge in [0.15, 0.2) is 0 Å². The summed E-state index contributed by atoms with van der Waals surface area (Å²) in [4.78, 5) is 5.33. The second-order valence-corrected chi connectivity index (χ2v) is 3.11. The molecule has 52 valence electrons. The molecule has 3 heteroatoms. The van der Waals surface area contributed by atoms with Gasteiger partial charge in [0.2, 0.25) is 0 Å². The van der Waals surface area contributed by atoms with E-state index in [2.05, 4.69) is 18.0 Å². The van der Waals surface area contributed by atoms with Gasteiger partial charge >= 0.3 is 0 Å². The number of aromatic nitrogens is 1. The molecule has 0 radical (unpaired) electrons. The first-order chi connectivity index (χ1) is 4.86. The molecular weight excluding hydrogens is 144 g/mol. The van der Waals surface area contributed by atoms with Gasteiger partial charge in [0.1, 0.15) is 5.01 Å². The number of hydrogen-bond acceptors (Lipinski definition) is 3. The predicted octanol–water partition coefficient (Wildman–Crippen LogP) is 1.77. The third kappa shape index (κ3) is 1.55. The Bertz CT molecular complexity index is 246. The SMILES string of the molecule is CCc1cnc(CC#N)s1. The van der Waals surface area contributed by atoms with Crippen LogP contribution in [0.2, 0.25) is 0 Å². The highest BCUT2D eigenvalue weighted by atomic mass is 32.1. The summed E-state index contributed by atoms with van der Waals surface area (Å²) in [6.07, 6.45) is 3.31. The van der Waals surface area contributed by atoms with E-state index in [1.165, 1.54) is 4.88 Å². The number of aryl methyl sites for hydroxylation is 1. The van der Waals surface area contributed by atoms with Crippen molar-refractivity contribution in [2.75, 3.05) is 0 Å². The van der Waals surface area contributed by atoms with Crippen molar-refractivity contribution in [3.05, 3.63) is 16.1 Å². The molecule has 1 aromatic rings. The fourth-order valence-electron chi connectivity index (χ4n) is 0.661. The molecular formula is C7H8N2S. The summed E-state index contributed by atoms with van der Waals surface area (Å²) in [6.45, 7) is 2.09. The standard InChI is InChI=1S/C7H8N2S/c1-2-6-5-9-7(10-6)3-4-8/h5H,2-3H2,1H3. The van der Waals surface area contributed by atoms with Crippen LogP contribution in [0.4, 0.5) is 0 Å². The monoisotopic (exact) mass is 152 g/mol. The van der Waals surface area contributed by atoms with Crippen LogP contribution in [0.1, 0.15) is 16.8 Å². The van der Waals surface area contributed by atoms with Crippen LogP contribution in [0.15, 0.2) is 6.20 Å². The van der Waals surface area contributed by atoms with Gasteiger partial charge < -0.3 is 0 Å². The molecule has 0 aromatic carbocycles. The Balaban J connectivity index is 2.70. The van der Waals surface area contributed by atoms with E-state index in [1.54, 1.807) is 11.3 Å². The van der Waals surface area contributed by atoms with E-state index >= 15 is 0 Å². The summed E-state index contributed by atoms with van der Waals surface area (Å²) in [5.74, 6) is 0. The molecule has 0 saturated heterocycles. The van der Waals surface area contributed by atoms with Crippen LogP contribution in [-0.2, 0) is 12.8 Å². The van der Waals surface area contributed by atoms with Gasteiger partial charge in [0.25, 0.3) is 0 Å². The van der Waals surface area contributed by atoms with E-state index in [-0.39, 0.29) is 0 Å². The highest BCUT2D eigenvalue weighted by molar-refractivity contribution is 7.11. The van der Waals surface area contributed by atoms with Gasteiger partial charge in [-0.3, -0.25) is 0 Å². The first kappa shape index (κ1) is 7.23. The van der Waals surface area contributed by atoms with E-state index in [1.807, 2.05) is 6.20 Å². The highest BCUT2D eigenvalue weighted by Gasteiger charge is 1.97. The second-order valence-electron chi connectivity index (χ2n) is 1.91. The van der Waals surface area contributed by atoms with E-state index in [0.29, 0.717) is 6.42 Å². The fraction of sp³-hybridized carbons (Fsp3) is 0.429. The van der Waals surface area contributed by atoms with Crippen molar-refractivity contribution in [1.82, 2.24) is 4.98 Å². The maximum absolute atomic E-state index is 8.32. The molecule has 0 bridgehead atoms. The van der Waals surface area contributed by atoms with Crippen molar-refractivity contribution in [3.63, 3.8) is 0 Å². The van der Waals surface area contributed by atoms with Crippen molar-refractivity contribution in [3.8, 4) is 6.07 Å². The van der Waals surface area contributed by atoms with Crippen LogP contribution < -0.4 is 0 Å². The Morgan fingerprint density at radius 2 is 2.60 bits per heavy atom. The minimum absolute atomic E-state index is 0.449. The molecule has 0 spiro atoms. The molecule has 0 atom stereocenters. The lowest BCUT2D eigenvalue weighted by Crippen LogP contribution is -1.74. The largest absolute Gasteiger partial charge is 0.248 e. The molecule has 1 aromatic heterocycles.